The fraction of sp³-hybridized carbons (Fsp3) is 0.188. The van der Waals surface area contributed by atoms with Gasteiger partial charge in [-0.1, -0.05) is 0 Å². The van der Waals surface area contributed by atoms with Gasteiger partial charge in [0, 0.05) is 30.4 Å². The zero-order chi connectivity index (χ0) is 16.4. The molecule has 2 heterocycles. The van der Waals surface area contributed by atoms with Gasteiger partial charge in [0.25, 0.3) is 5.91 Å². The molecule has 0 fully saturated rings. The van der Waals surface area contributed by atoms with E-state index in [-0.39, 0.29) is 5.91 Å². The van der Waals surface area contributed by atoms with Crippen LogP contribution in [0.1, 0.15) is 21.1 Å². The number of hydrogen-bond donors (Lipinski definition) is 0. The zero-order valence-corrected chi connectivity index (χ0v) is 13.5. The first kappa shape index (κ1) is 15.4. The topological polar surface area (TPSA) is 51.0 Å². The Kier molecular flexibility index (Phi) is 4.20. The van der Waals surface area contributed by atoms with Crippen LogP contribution in [0.25, 0.3) is 5.69 Å². The number of nitrogens with zero attached hydrogens (tertiary/aromatic N) is 4. The van der Waals surface area contributed by atoms with Crippen molar-refractivity contribution < 1.29 is 9.18 Å². The van der Waals surface area contributed by atoms with Gasteiger partial charge in [0.05, 0.1) is 17.2 Å². The maximum atomic E-state index is 14.2. The van der Waals surface area contributed by atoms with Gasteiger partial charge in [-0.15, -0.1) is 11.3 Å². The molecule has 0 aliphatic heterocycles. The molecule has 1 aromatic carbocycles. The summed E-state index contributed by atoms with van der Waals surface area (Å²) in [6.45, 7) is 2.31. The molecule has 0 aliphatic carbocycles. The van der Waals surface area contributed by atoms with Crippen LogP contribution in [0.5, 0.6) is 0 Å². The van der Waals surface area contributed by atoms with E-state index in [4.69, 9.17) is 0 Å². The lowest BCUT2D eigenvalue weighted by molar-refractivity contribution is 0.0783. The third-order valence-electron chi connectivity index (χ3n) is 3.36. The minimum Gasteiger partial charge on any atom is -0.336 e. The van der Waals surface area contributed by atoms with Crippen LogP contribution in [0.4, 0.5) is 4.39 Å². The molecule has 118 valence electrons. The molecule has 0 unspecified atom stereocenters. The molecule has 0 saturated heterocycles. The summed E-state index contributed by atoms with van der Waals surface area (Å²) in [6, 6.07) is 6.10. The van der Waals surface area contributed by atoms with Gasteiger partial charge >= 0.3 is 0 Å². The number of rotatable bonds is 4. The molecular weight excluding hydrogens is 315 g/mol. The zero-order valence-electron chi connectivity index (χ0n) is 12.7. The summed E-state index contributed by atoms with van der Waals surface area (Å²) >= 11 is 1.54. The van der Waals surface area contributed by atoms with Crippen LogP contribution in [0.3, 0.4) is 0 Å². The summed E-state index contributed by atoms with van der Waals surface area (Å²) in [5.41, 5.74) is 1.44. The SMILES string of the molecule is Cc1nc(CN(C)C(=O)c2ccc(-n3cccn3)c(F)c2)cs1. The Morgan fingerprint density at radius 3 is 2.87 bits per heavy atom. The second kappa shape index (κ2) is 6.29. The highest BCUT2D eigenvalue weighted by molar-refractivity contribution is 7.09. The van der Waals surface area contributed by atoms with Crippen molar-refractivity contribution in [1.29, 1.82) is 0 Å². The van der Waals surface area contributed by atoms with Gasteiger partial charge in [-0.05, 0) is 31.2 Å². The molecule has 1 amide bonds. The molecule has 0 radical (unpaired) electrons. The summed E-state index contributed by atoms with van der Waals surface area (Å²) in [5.74, 6) is -0.737. The van der Waals surface area contributed by atoms with E-state index in [1.807, 2.05) is 12.3 Å². The number of aryl methyl sites for hydroxylation is 1. The molecule has 0 aliphatic rings. The molecule has 0 N–H and O–H groups in total. The monoisotopic (exact) mass is 330 g/mol. The second-order valence-corrected chi connectivity index (χ2v) is 6.20. The summed E-state index contributed by atoms with van der Waals surface area (Å²) in [5, 5.41) is 6.86. The van der Waals surface area contributed by atoms with Gasteiger partial charge in [0.15, 0.2) is 0 Å². The maximum absolute atomic E-state index is 14.2. The first-order chi connectivity index (χ1) is 11.0. The van der Waals surface area contributed by atoms with E-state index in [0.29, 0.717) is 17.8 Å². The van der Waals surface area contributed by atoms with Crippen molar-refractivity contribution in [2.75, 3.05) is 7.05 Å². The van der Waals surface area contributed by atoms with Crippen molar-refractivity contribution in [3.8, 4) is 5.69 Å². The fourth-order valence-corrected chi connectivity index (χ4v) is 2.86. The first-order valence-electron chi connectivity index (χ1n) is 7.00. The molecule has 0 atom stereocenters. The number of thiazole rings is 1. The number of halogens is 1. The Labute approximate surface area is 137 Å². The van der Waals surface area contributed by atoms with Crippen LogP contribution in [-0.4, -0.2) is 32.6 Å². The van der Waals surface area contributed by atoms with E-state index < -0.39 is 5.82 Å². The van der Waals surface area contributed by atoms with Crippen molar-refractivity contribution in [2.45, 2.75) is 13.5 Å². The first-order valence-corrected chi connectivity index (χ1v) is 7.88. The van der Waals surface area contributed by atoms with Crippen molar-refractivity contribution in [2.24, 2.45) is 0 Å². The second-order valence-electron chi connectivity index (χ2n) is 5.14. The van der Waals surface area contributed by atoms with Crippen LogP contribution in [0.2, 0.25) is 0 Å². The number of hydrogen-bond acceptors (Lipinski definition) is 4. The number of carbonyl (C=O) groups excluding carboxylic acids is 1. The minimum absolute atomic E-state index is 0.249. The van der Waals surface area contributed by atoms with Crippen molar-refractivity contribution in [1.82, 2.24) is 19.7 Å². The number of carbonyl (C=O) groups is 1. The molecule has 7 heteroatoms. The summed E-state index contributed by atoms with van der Waals surface area (Å²) < 4.78 is 15.6. The van der Waals surface area contributed by atoms with Crippen molar-refractivity contribution in [3.05, 3.63) is 64.1 Å². The number of amides is 1. The summed E-state index contributed by atoms with van der Waals surface area (Å²) in [6.07, 6.45) is 3.22. The molecule has 2 aromatic heterocycles. The van der Waals surface area contributed by atoms with Gasteiger partial charge in [-0.2, -0.15) is 5.10 Å². The van der Waals surface area contributed by atoms with Gasteiger partial charge in [0.1, 0.15) is 11.5 Å². The molecule has 0 saturated carbocycles. The third-order valence-corrected chi connectivity index (χ3v) is 4.18. The predicted octanol–water partition coefficient (Wildman–Crippen LogP) is 3.05. The third kappa shape index (κ3) is 3.29. The van der Waals surface area contributed by atoms with Gasteiger partial charge in [0.2, 0.25) is 0 Å². The van der Waals surface area contributed by atoms with E-state index in [0.717, 1.165) is 10.7 Å². The highest BCUT2D eigenvalue weighted by atomic mass is 32.1. The van der Waals surface area contributed by atoms with Crippen molar-refractivity contribution >= 4 is 17.2 Å². The fourth-order valence-electron chi connectivity index (χ4n) is 2.25. The lowest BCUT2D eigenvalue weighted by atomic mass is 10.1. The Balaban J connectivity index is 1.78. The normalized spacial score (nSPS) is 10.7. The Morgan fingerprint density at radius 1 is 1.43 bits per heavy atom. The molecule has 3 aromatic rings. The number of aromatic nitrogens is 3. The van der Waals surface area contributed by atoms with E-state index >= 15 is 0 Å². The van der Waals surface area contributed by atoms with Crippen LogP contribution in [0.15, 0.2) is 42.0 Å². The van der Waals surface area contributed by atoms with Crippen LogP contribution >= 0.6 is 11.3 Å². The molecule has 3 rings (SSSR count). The smallest absolute Gasteiger partial charge is 0.254 e. The van der Waals surface area contributed by atoms with Gasteiger partial charge in [-0.3, -0.25) is 4.79 Å². The molecular formula is C16H15FN4OS. The molecule has 0 bridgehead atoms. The highest BCUT2D eigenvalue weighted by Gasteiger charge is 2.16. The van der Waals surface area contributed by atoms with E-state index in [1.165, 1.54) is 27.0 Å². The van der Waals surface area contributed by atoms with E-state index in [9.17, 15) is 9.18 Å². The Hall–Kier alpha value is -2.54. The van der Waals surface area contributed by atoms with Crippen LogP contribution in [0, 0.1) is 12.7 Å². The number of benzene rings is 1. The highest BCUT2D eigenvalue weighted by Crippen LogP contribution is 2.17. The lowest BCUT2D eigenvalue weighted by Gasteiger charge is -2.16. The Bertz CT molecular complexity index is 828. The minimum atomic E-state index is -0.488. The van der Waals surface area contributed by atoms with Crippen LogP contribution in [-0.2, 0) is 6.54 Å². The molecule has 23 heavy (non-hydrogen) atoms. The van der Waals surface area contributed by atoms with Gasteiger partial charge < -0.3 is 4.90 Å². The maximum Gasteiger partial charge on any atom is 0.254 e. The quantitative estimate of drug-likeness (QED) is 0.739. The van der Waals surface area contributed by atoms with E-state index in [1.54, 1.807) is 37.6 Å². The predicted molar refractivity (Wildman–Crippen MR) is 86.2 cm³/mol. The van der Waals surface area contributed by atoms with Gasteiger partial charge in [-0.25, -0.2) is 14.1 Å². The van der Waals surface area contributed by atoms with Crippen LogP contribution < -0.4 is 0 Å². The molecule has 0 spiro atoms. The average Bonchev–Trinajstić information content (AvgIpc) is 3.18. The summed E-state index contributed by atoms with van der Waals surface area (Å²) in [4.78, 5) is 18.3. The van der Waals surface area contributed by atoms with Crippen molar-refractivity contribution in [3.63, 3.8) is 0 Å². The standard InChI is InChI=1S/C16H15FN4OS/c1-11-19-13(10-23-11)9-20(2)16(22)12-4-5-15(14(17)8-12)21-7-3-6-18-21/h3-8,10H,9H2,1-2H3. The largest absolute Gasteiger partial charge is 0.336 e. The van der Waals surface area contributed by atoms with E-state index in [2.05, 4.69) is 10.1 Å². The lowest BCUT2D eigenvalue weighted by Crippen LogP contribution is -2.26. The summed E-state index contributed by atoms with van der Waals surface area (Å²) in [7, 11) is 1.68. The average molecular weight is 330 g/mol. The molecule has 5 nitrogen and oxygen atoms in total. The Morgan fingerprint density at radius 2 is 2.26 bits per heavy atom.